The van der Waals surface area contributed by atoms with Crippen molar-refractivity contribution in [2.45, 2.75) is 23.3 Å². The Morgan fingerprint density at radius 1 is 1.00 bits per heavy atom. The fraction of sp³-hybridized carbons (Fsp3) is 0.238. The van der Waals surface area contributed by atoms with Crippen molar-refractivity contribution < 1.29 is 9.47 Å². The van der Waals surface area contributed by atoms with Gasteiger partial charge in [0.15, 0.2) is 17.3 Å². The van der Waals surface area contributed by atoms with Crippen LogP contribution in [0, 0.1) is 6.92 Å². The number of anilines is 2. The Bertz CT molecular complexity index is 932. The van der Waals surface area contributed by atoms with E-state index in [4.69, 9.17) is 15.2 Å². The molecule has 0 aliphatic heterocycles. The Balaban J connectivity index is 1.64. The number of hydrogen-bond donors (Lipinski definition) is 2. The third-order valence-corrected chi connectivity index (χ3v) is 5.26. The first-order chi connectivity index (χ1) is 13.6. The molecule has 0 bridgehead atoms. The minimum atomic E-state index is 0.556. The summed E-state index contributed by atoms with van der Waals surface area (Å²) in [6, 6.07) is 14.2. The molecule has 2 aromatic carbocycles. The number of nitrogen functional groups attached to an aromatic ring is 1. The van der Waals surface area contributed by atoms with E-state index in [1.165, 1.54) is 23.7 Å². The zero-order chi connectivity index (χ0) is 19.9. The third kappa shape index (κ3) is 4.86. The standard InChI is InChI=1S/C21H24N4O2S/c1-14-4-7-16(8-5-14)28-21-19(22)20(24-13-25-21)23-11-10-15-6-9-17(26-2)18(12-15)27-3/h4-9,12-13H,10-11,22H2,1-3H3,(H,23,24,25). The van der Waals surface area contributed by atoms with Gasteiger partial charge in [0.2, 0.25) is 0 Å². The van der Waals surface area contributed by atoms with Crippen molar-refractivity contribution >= 4 is 23.3 Å². The average molecular weight is 397 g/mol. The molecule has 6 nitrogen and oxygen atoms in total. The van der Waals surface area contributed by atoms with E-state index in [-0.39, 0.29) is 0 Å². The van der Waals surface area contributed by atoms with E-state index in [1.54, 1.807) is 14.2 Å². The molecule has 1 heterocycles. The summed E-state index contributed by atoms with van der Waals surface area (Å²) in [6.45, 7) is 2.75. The minimum Gasteiger partial charge on any atom is -0.493 e. The van der Waals surface area contributed by atoms with Crippen LogP contribution in [0.1, 0.15) is 11.1 Å². The molecular weight excluding hydrogens is 372 g/mol. The molecule has 3 rings (SSSR count). The van der Waals surface area contributed by atoms with E-state index in [1.807, 2.05) is 18.2 Å². The predicted molar refractivity (Wildman–Crippen MR) is 113 cm³/mol. The SMILES string of the molecule is COc1ccc(CCNc2ncnc(Sc3ccc(C)cc3)c2N)cc1OC. The Morgan fingerprint density at radius 3 is 2.46 bits per heavy atom. The number of benzene rings is 2. The van der Waals surface area contributed by atoms with Gasteiger partial charge in [0, 0.05) is 11.4 Å². The number of nitrogens with two attached hydrogens (primary N) is 1. The van der Waals surface area contributed by atoms with Gasteiger partial charge in [-0.25, -0.2) is 9.97 Å². The number of nitrogens with one attached hydrogen (secondary N) is 1. The average Bonchev–Trinajstić information content (AvgIpc) is 2.72. The third-order valence-electron chi connectivity index (χ3n) is 4.24. The minimum absolute atomic E-state index is 0.556. The van der Waals surface area contributed by atoms with Crippen molar-refractivity contribution in [3.8, 4) is 11.5 Å². The lowest BCUT2D eigenvalue weighted by atomic mass is 10.1. The molecule has 0 amide bonds. The Hall–Kier alpha value is -2.93. The summed E-state index contributed by atoms with van der Waals surface area (Å²) in [5.41, 5.74) is 9.19. The van der Waals surface area contributed by atoms with Crippen LogP contribution in [-0.4, -0.2) is 30.7 Å². The van der Waals surface area contributed by atoms with Crippen molar-refractivity contribution in [1.82, 2.24) is 9.97 Å². The molecule has 0 atom stereocenters. The van der Waals surface area contributed by atoms with E-state index in [0.717, 1.165) is 33.4 Å². The fourth-order valence-electron chi connectivity index (χ4n) is 2.68. The molecule has 7 heteroatoms. The van der Waals surface area contributed by atoms with Crippen LogP contribution in [-0.2, 0) is 6.42 Å². The number of methoxy groups -OCH3 is 2. The van der Waals surface area contributed by atoms with Crippen LogP contribution in [0.15, 0.2) is 58.7 Å². The highest BCUT2D eigenvalue weighted by molar-refractivity contribution is 7.99. The van der Waals surface area contributed by atoms with Crippen LogP contribution >= 0.6 is 11.8 Å². The van der Waals surface area contributed by atoms with Gasteiger partial charge in [0.1, 0.15) is 17.0 Å². The molecule has 0 unspecified atom stereocenters. The van der Waals surface area contributed by atoms with Crippen molar-refractivity contribution in [3.05, 3.63) is 59.9 Å². The van der Waals surface area contributed by atoms with Crippen molar-refractivity contribution in [3.63, 3.8) is 0 Å². The van der Waals surface area contributed by atoms with Crippen molar-refractivity contribution in [1.29, 1.82) is 0 Å². The molecule has 146 valence electrons. The van der Waals surface area contributed by atoms with Gasteiger partial charge in [0.25, 0.3) is 0 Å². The lowest BCUT2D eigenvalue weighted by molar-refractivity contribution is 0.354. The van der Waals surface area contributed by atoms with Gasteiger partial charge in [-0.05, 0) is 43.2 Å². The van der Waals surface area contributed by atoms with E-state index < -0.39 is 0 Å². The zero-order valence-corrected chi connectivity index (χ0v) is 17.0. The van der Waals surface area contributed by atoms with Gasteiger partial charge in [-0.3, -0.25) is 0 Å². The molecule has 0 saturated carbocycles. The number of ether oxygens (including phenoxy) is 2. The first kappa shape index (κ1) is 19.8. The Morgan fingerprint density at radius 2 is 1.75 bits per heavy atom. The molecule has 0 fully saturated rings. The Labute approximate surface area is 169 Å². The summed E-state index contributed by atoms with van der Waals surface area (Å²) in [5.74, 6) is 2.08. The molecule has 1 aromatic heterocycles. The number of hydrogen-bond acceptors (Lipinski definition) is 7. The summed E-state index contributed by atoms with van der Waals surface area (Å²) >= 11 is 1.53. The van der Waals surface area contributed by atoms with Crippen LogP contribution in [0.2, 0.25) is 0 Å². The topological polar surface area (TPSA) is 82.3 Å². The van der Waals surface area contributed by atoms with Gasteiger partial charge >= 0.3 is 0 Å². The van der Waals surface area contributed by atoms with Gasteiger partial charge in [0.05, 0.1) is 14.2 Å². The number of rotatable bonds is 8. The highest BCUT2D eigenvalue weighted by Crippen LogP contribution is 2.33. The lowest BCUT2D eigenvalue weighted by Gasteiger charge is -2.12. The molecular formula is C21H24N4O2S. The van der Waals surface area contributed by atoms with Crippen molar-refractivity contribution in [2.75, 3.05) is 31.8 Å². The summed E-state index contributed by atoms with van der Waals surface area (Å²) in [6.07, 6.45) is 2.33. The maximum absolute atomic E-state index is 6.28. The molecule has 0 aliphatic rings. The molecule has 0 saturated heterocycles. The first-order valence-electron chi connectivity index (χ1n) is 8.90. The first-order valence-corrected chi connectivity index (χ1v) is 9.72. The normalized spacial score (nSPS) is 10.5. The maximum Gasteiger partial charge on any atom is 0.160 e. The van der Waals surface area contributed by atoms with Crippen LogP contribution in [0.5, 0.6) is 11.5 Å². The van der Waals surface area contributed by atoms with E-state index in [2.05, 4.69) is 46.5 Å². The zero-order valence-electron chi connectivity index (χ0n) is 16.2. The molecule has 0 spiro atoms. The summed E-state index contributed by atoms with van der Waals surface area (Å²) < 4.78 is 10.6. The van der Waals surface area contributed by atoms with Gasteiger partial charge < -0.3 is 20.5 Å². The second kappa shape index (κ2) is 9.32. The Kier molecular flexibility index (Phi) is 6.60. The molecule has 0 radical (unpaired) electrons. The fourth-order valence-corrected chi connectivity index (χ4v) is 3.48. The van der Waals surface area contributed by atoms with Crippen LogP contribution in [0.3, 0.4) is 0 Å². The van der Waals surface area contributed by atoms with Crippen molar-refractivity contribution in [2.24, 2.45) is 0 Å². The monoisotopic (exact) mass is 396 g/mol. The molecule has 3 N–H and O–H groups in total. The highest BCUT2D eigenvalue weighted by Gasteiger charge is 2.10. The second-order valence-electron chi connectivity index (χ2n) is 6.22. The van der Waals surface area contributed by atoms with Crippen LogP contribution < -0.4 is 20.5 Å². The van der Waals surface area contributed by atoms with Gasteiger partial charge in [-0.2, -0.15) is 0 Å². The summed E-state index contributed by atoms with van der Waals surface area (Å²) in [7, 11) is 3.26. The summed E-state index contributed by atoms with van der Waals surface area (Å²) in [4.78, 5) is 9.69. The smallest absolute Gasteiger partial charge is 0.160 e. The second-order valence-corrected chi connectivity index (χ2v) is 7.28. The highest BCUT2D eigenvalue weighted by atomic mass is 32.2. The molecule has 0 aliphatic carbocycles. The maximum atomic E-state index is 6.28. The molecule has 3 aromatic rings. The molecule has 28 heavy (non-hydrogen) atoms. The van der Waals surface area contributed by atoms with E-state index in [0.29, 0.717) is 18.1 Å². The van der Waals surface area contributed by atoms with Crippen LogP contribution in [0.25, 0.3) is 0 Å². The van der Waals surface area contributed by atoms with Crippen LogP contribution in [0.4, 0.5) is 11.5 Å². The number of aromatic nitrogens is 2. The quantitative estimate of drug-likeness (QED) is 0.552. The summed E-state index contributed by atoms with van der Waals surface area (Å²) in [5, 5.41) is 4.04. The van der Waals surface area contributed by atoms with E-state index in [9.17, 15) is 0 Å². The number of aryl methyl sites for hydroxylation is 1. The largest absolute Gasteiger partial charge is 0.493 e. The lowest BCUT2D eigenvalue weighted by Crippen LogP contribution is -2.10. The van der Waals surface area contributed by atoms with Gasteiger partial charge in [-0.1, -0.05) is 35.5 Å². The van der Waals surface area contributed by atoms with E-state index >= 15 is 0 Å². The van der Waals surface area contributed by atoms with Gasteiger partial charge in [-0.15, -0.1) is 0 Å². The number of nitrogens with zero attached hydrogens (tertiary/aromatic N) is 2. The predicted octanol–water partition coefficient (Wildman–Crippen LogP) is 4.19.